The Labute approximate surface area is 131 Å². The van der Waals surface area contributed by atoms with Crippen molar-refractivity contribution in [2.45, 2.75) is 46.7 Å². The first kappa shape index (κ1) is 16.2. The van der Waals surface area contributed by atoms with Crippen LogP contribution in [-0.4, -0.2) is 22.1 Å². The first-order valence-electron chi connectivity index (χ1n) is 7.53. The molecule has 4 nitrogen and oxygen atoms in total. The van der Waals surface area contributed by atoms with E-state index in [0.717, 1.165) is 17.2 Å². The third-order valence-electron chi connectivity index (χ3n) is 3.32. The summed E-state index contributed by atoms with van der Waals surface area (Å²) in [6.45, 7) is 10.5. The second-order valence-corrected chi connectivity index (χ2v) is 5.92. The highest BCUT2D eigenvalue weighted by Crippen LogP contribution is 2.22. The van der Waals surface area contributed by atoms with Crippen molar-refractivity contribution in [1.29, 1.82) is 0 Å². The van der Waals surface area contributed by atoms with E-state index >= 15 is 0 Å². The molecule has 1 heterocycles. The number of halogens is 1. The molecule has 0 fully saturated rings. The number of hydrogen-bond acceptors (Lipinski definition) is 4. The highest BCUT2D eigenvalue weighted by atomic mass is 19.1. The average molecular weight is 302 g/mol. The molecule has 0 unspecified atom stereocenters. The van der Waals surface area contributed by atoms with Gasteiger partial charge in [0.05, 0.1) is 0 Å². The topological polar surface area (TPSA) is 41.1 Å². The molecule has 0 radical (unpaired) electrons. The molecule has 0 amide bonds. The molecule has 0 saturated heterocycles. The van der Waals surface area contributed by atoms with Crippen LogP contribution < -0.4 is 10.2 Å². The molecule has 2 rings (SSSR count). The number of nitrogens with zero attached hydrogens (tertiary/aromatic N) is 3. The van der Waals surface area contributed by atoms with Gasteiger partial charge in [-0.15, -0.1) is 0 Å². The summed E-state index contributed by atoms with van der Waals surface area (Å²) >= 11 is 0. The third kappa shape index (κ3) is 3.93. The smallest absolute Gasteiger partial charge is 0.229 e. The van der Waals surface area contributed by atoms with Crippen LogP contribution in [0.4, 0.5) is 21.8 Å². The van der Waals surface area contributed by atoms with Crippen LogP contribution in [0, 0.1) is 12.7 Å². The van der Waals surface area contributed by atoms with Crippen LogP contribution in [0.25, 0.3) is 0 Å². The molecule has 5 heteroatoms. The third-order valence-corrected chi connectivity index (χ3v) is 3.32. The number of anilines is 3. The van der Waals surface area contributed by atoms with Crippen molar-refractivity contribution in [2.24, 2.45) is 0 Å². The predicted molar refractivity (Wildman–Crippen MR) is 89.2 cm³/mol. The Bertz CT molecular complexity index is 615. The van der Waals surface area contributed by atoms with Crippen molar-refractivity contribution in [3.63, 3.8) is 0 Å². The number of nitrogens with one attached hydrogen (secondary N) is 1. The average Bonchev–Trinajstić information content (AvgIpc) is 2.40. The predicted octanol–water partition coefficient (Wildman–Crippen LogP) is 4.29. The lowest BCUT2D eigenvalue weighted by molar-refractivity contribution is 0.599. The summed E-state index contributed by atoms with van der Waals surface area (Å²) < 4.78 is 13.0. The molecular weight excluding hydrogens is 279 g/mol. The Morgan fingerprint density at radius 3 is 2.14 bits per heavy atom. The Balaban J connectivity index is 2.31. The van der Waals surface area contributed by atoms with Crippen LogP contribution >= 0.6 is 0 Å². The van der Waals surface area contributed by atoms with E-state index in [-0.39, 0.29) is 5.82 Å². The summed E-state index contributed by atoms with van der Waals surface area (Å²) in [6, 6.07) is 8.82. The molecule has 0 aliphatic rings. The summed E-state index contributed by atoms with van der Waals surface area (Å²) in [4.78, 5) is 11.3. The van der Waals surface area contributed by atoms with Crippen molar-refractivity contribution in [2.75, 3.05) is 10.2 Å². The van der Waals surface area contributed by atoms with Crippen molar-refractivity contribution in [3.05, 3.63) is 41.8 Å². The summed E-state index contributed by atoms with van der Waals surface area (Å²) in [7, 11) is 0. The number of rotatable bonds is 5. The fourth-order valence-corrected chi connectivity index (χ4v) is 2.53. The largest absolute Gasteiger partial charge is 0.352 e. The number of aryl methyl sites for hydroxylation is 1. The molecule has 0 atom stereocenters. The van der Waals surface area contributed by atoms with Gasteiger partial charge in [-0.3, -0.25) is 0 Å². The van der Waals surface area contributed by atoms with E-state index in [9.17, 15) is 4.39 Å². The van der Waals surface area contributed by atoms with Gasteiger partial charge >= 0.3 is 0 Å². The Kier molecular flexibility index (Phi) is 4.96. The van der Waals surface area contributed by atoms with Gasteiger partial charge in [0.25, 0.3) is 0 Å². The van der Waals surface area contributed by atoms with Crippen LogP contribution in [0.1, 0.15) is 33.4 Å². The minimum Gasteiger partial charge on any atom is -0.352 e. The monoisotopic (exact) mass is 302 g/mol. The van der Waals surface area contributed by atoms with Crippen LogP contribution in [0.15, 0.2) is 30.3 Å². The normalized spacial score (nSPS) is 11.1. The lowest BCUT2D eigenvalue weighted by Gasteiger charge is -2.32. The molecule has 0 aliphatic carbocycles. The summed E-state index contributed by atoms with van der Waals surface area (Å²) in [5.74, 6) is 1.15. The van der Waals surface area contributed by atoms with Crippen LogP contribution in [0.5, 0.6) is 0 Å². The molecule has 22 heavy (non-hydrogen) atoms. The minimum absolute atomic E-state index is 0.262. The minimum atomic E-state index is -0.262. The van der Waals surface area contributed by atoms with E-state index in [0.29, 0.717) is 18.0 Å². The van der Waals surface area contributed by atoms with E-state index < -0.39 is 0 Å². The van der Waals surface area contributed by atoms with Gasteiger partial charge in [0, 0.05) is 29.5 Å². The number of hydrogen-bond donors (Lipinski definition) is 1. The van der Waals surface area contributed by atoms with E-state index in [2.05, 4.69) is 47.9 Å². The Hall–Kier alpha value is -2.17. The highest BCUT2D eigenvalue weighted by Gasteiger charge is 2.17. The van der Waals surface area contributed by atoms with Gasteiger partial charge < -0.3 is 10.2 Å². The van der Waals surface area contributed by atoms with Crippen LogP contribution in [-0.2, 0) is 0 Å². The number of aromatic nitrogens is 2. The molecule has 2 aromatic rings. The molecule has 0 spiro atoms. The lowest BCUT2D eigenvalue weighted by atomic mass is 10.2. The van der Waals surface area contributed by atoms with Crippen LogP contribution in [0.3, 0.4) is 0 Å². The van der Waals surface area contributed by atoms with Gasteiger partial charge in [-0.25, -0.2) is 9.37 Å². The lowest BCUT2D eigenvalue weighted by Crippen LogP contribution is -2.37. The van der Waals surface area contributed by atoms with E-state index in [1.807, 2.05) is 13.0 Å². The van der Waals surface area contributed by atoms with Crippen molar-refractivity contribution >= 4 is 17.5 Å². The molecular formula is C17H23FN4. The molecule has 1 aromatic heterocycles. The SMILES string of the molecule is Cc1cc(N(C(C)C)C(C)C)nc(Nc2ccc(F)cc2)n1. The van der Waals surface area contributed by atoms with Crippen molar-refractivity contribution in [3.8, 4) is 0 Å². The van der Waals surface area contributed by atoms with Gasteiger partial charge in [-0.1, -0.05) is 0 Å². The second kappa shape index (κ2) is 6.73. The summed E-state index contributed by atoms with van der Waals surface area (Å²) in [5, 5.41) is 3.13. The van der Waals surface area contributed by atoms with Crippen molar-refractivity contribution < 1.29 is 4.39 Å². The fraction of sp³-hybridized carbons (Fsp3) is 0.412. The molecule has 118 valence electrons. The summed E-state index contributed by atoms with van der Waals surface area (Å²) in [5.41, 5.74) is 1.65. The molecule has 1 aromatic carbocycles. The van der Waals surface area contributed by atoms with Gasteiger partial charge in [0.15, 0.2) is 0 Å². The Morgan fingerprint density at radius 1 is 1.00 bits per heavy atom. The molecule has 0 bridgehead atoms. The maximum absolute atomic E-state index is 13.0. The quantitative estimate of drug-likeness (QED) is 0.894. The summed E-state index contributed by atoms with van der Waals surface area (Å²) in [6.07, 6.45) is 0. The second-order valence-electron chi connectivity index (χ2n) is 5.92. The number of benzene rings is 1. The van der Waals surface area contributed by atoms with E-state index in [4.69, 9.17) is 0 Å². The first-order chi connectivity index (χ1) is 10.4. The maximum atomic E-state index is 13.0. The molecule has 0 aliphatic heterocycles. The van der Waals surface area contributed by atoms with Crippen LogP contribution in [0.2, 0.25) is 0 Å². The highest BCUT2D eigenvalue weighted by molar-refractivity contribution is 5.55. The first-order valence-corrected chi connectivity index (χ1v) is 7.53. The zero-order chi connectivity index (χ0) is 16.3. The molecule has 1 N–H and O–H groups in total. The maximum Gasteiger partial charge on any atom is 0.229 e. The van der Waals surface area contributed by atoms with E-state index in [1.165, 1.54) is 12.1 Å². The standard InChI is InChI=1S/C17H23FN4/c1-11(2)22(12(3)4)16-10-13(5)19-17(21-16)20-15-8-6-14(18)7-9-15/h6-12H,1-5H3,(H,19,20,21). The van der Waals surface area contributed by atoms with Crippen molar-refractivity contribution in [1.82, 2.24) is 9.97 Å². The Morgan fingerprint density at radius 2 is 1.59 bits per heavy atom. The van der Waals surface area contributed by atoms with Gasteiger partial charge in [0.1, 0.15) is 11.6 Å². The zero-order valence-electron chi connectivity index (χ0n) is 13.8. The molecule has 0 saturated carbocycles. The fourth-order valence-electron chi connectivity index (χ4n) is 2.53. The van der Waals surface area contributed by atoms with Gasteiger partial charge in [-0.2, -0.15) is 4.98 Å². The zero-order valence-corrected chi connectivity index (χ0v) is 13.8. The van der Waals surface area contributed by atoms with E-state index in [1.54, 1.807) is 12.1 Å². The van der Waals surface area contributed by atoms with Gasteiger partial charge in [-0.05, 0) is 58.9 Å². The van der Waals surface area contributed by atoms with Gasteiger partial charge in [0.2, 0.25) is 5.95 Å².